The summed E-state index contributed by atoms with van der Waals surface area (Å²) in [4.78, 5) is 24.9. The number of hydrogen-bond donors (Lipinski definition) is 1. The number of aromatic nitrogens is 5. The first-order valence-electron chi connectivity index (χ1n) is 9.71. The topological polar surface area (TPSA) is 88.8 Å². The molecule has 1 amide bonds. The number of amides is 1. The highest BCUT2D eigenvalue weighted by molar-refractivity contribution is 6.30. The van der Waals surface area contributed by atoms with E-state index >= 15 is 0 Å². The van der Waals surface area contributed by atoms with Crippen LogP contribution in [0.25, 0.3) is 5.69 Å². The molecule has 0 bridgehead atoms. The number of carbonyl (C=O) groups is 1. The standard InChI is InChI=1S/C20H21ClFN7O/c1-13-3-2-8-28(18(13)12-25-20-23-10-14(21)11-24-20)19(30)16-5-4-15(22)9-17(16)29-26-6-7-27-29/h4-7,9-11,13,18H,2-3,8,12H2,1H3,(H,23,24,25)/t13-,18?/m1/s1. The highest BCUT2D eigenvalue weighted by atomic mass is 35.5. The molecule has 0 radical (unpaired) electrons. The molecule has 0 spiro atoms. The summed E-state index contributed by atoms with van der Waals surface area (Å²) in [6.45, 7) is 3.22. The summed E-state index contributed by atoms with van der Waals surface area (Å²) in [6, 6.07) is 3.97. The second-order valence-electron chi connectivity index (χ2n) is 7.27. The molecule has 4 rings (SSSR count). The van der Waals surface area contributed by atoms with Crippen molar-refractivity contribution in [3.8, 4) is 5.69 Å². The van der Waals surface area contributed by atoms with Gasteiger partial charge in [0, 0.05) is 19.2 Å². The minimum atomic E-state index is -0.455. The van der Waals surface area contributed by atoms with Crippen LogP contribution < -0.4 is 5.32 Å². The lowest BCUT2D eigenvalue weighted by Crippen LogP contribution is -2.51. The number of rotatable bonds is 5. The van der Waals surface area contributed by atoms with Gasteiger partial charge in [0.05, 0.1) is 41.4 Å². The summed E-state index contributed by atoms with van der Waals surface area (Å²) >= 11 is 5.84. The van der Waals surface area contributed by atoms with E-state index in [1.54, 1.807) is 0 Å². The zero-order valence-electron chi connectivity index (χ0n) is 16.4. The van der Waals surface area contributed by atoms with E-state index in [0.717, 1.165) is 12.8 Å². The fraction of sp³-hybridized carbons (Fsp3) is 0.350. The maximum Gasteiger partial charge on any atom is 0.256 e. The first-order chi connectivity index (χ1) is 14.5. The lowest BCUT2D eigenvalue weighted by atomic mass is 9.90. The fourth-order valence-electron chi connectivity index (χ4n) is 3.76. The Morgan fingerprint density at radius 2 is 2.00 bits per heavy atom. The van der Waals surface area contributed by atoms with Crippen LogP contribution in [-0.4, -0.2) is 54.9 Å². The third-order valence-electron chi connectivity index (χ3n) is 5.29. The van der Waals surface area contributed by atoms with Crippen molar-refractivity contribution in [3.05, 3.63) is 59.4 Å². The van der Waals surface area contributed by atoms with Crippen LogP contribution in [0, 0.1) is 11.7 Å². The third-order valence-corrected chi connectivity index (χ3v) is 5.49. The number of nitrogens with zero attached hydrogens (tertiary/aromatic N) is 6. The summed E-state index contributed by atoms with van der Waals surface area (Å²) in [5, 5.41) is 11.8. The molecule has 0 saturated carbocycles. The molecule has 1 unspecified atom stereocenters. The van der Waals surface area contributed by atoms with Gasteiger partial charge >= 0.3 is 0 Å². The number of benzene rings is 1. The van der Waals surface area contributed by atoms with Crippen LogP contribution in [0.5, 0.6) is 0 Å². The lowest BCUT2D eigenvalue weighted by molar-refractivity contribution is 0.0539. The number of nitrogens with one attached hydrogen (secondary N) is 1. The van der Waals surface area contributed by atoms with Gasteiger partial charge in [-0.25, -0.2) is 14.4 Å². The van der Waals surface area contributed by atoms with Crippen molar-refractivity contribution >= 4 is 23.5 Å². The van der Waals surface area contributed by atoms with Crippen molar-refractivity contribution in [1.82, 2.24) is 29.9 Å². The number of halogens is 2. The molecule has 1 aliphatic heterocycles. The molecule has 1 aromatic carbocycles. The van der Waals surface area contributed by atoms with E-state index < -0.39 is 5.82 Å². The maximum atomic E-state index is 13.9. The molecule has 1 aliphatic rings. The summed E-state index contributed by atoms with van der Waals surface area (Å²) in [5.74, 6) is 0.0867. The van der Waals surface area contributed by atoms with E-state index in [1.165, 1.54) is 47.8 Å². The molecule has 2 aromatic heterocycles. The zero-order chi connectivity index (χ0) is 21.1. The van der Waals surface area contributed by atoms with Crippen LogP contribution in [0.4, 0.5) is 10.3 Å². The van der Waals surface area contributed by atoms with Crippen LogP contribution in [0.2, 0.25) is 5.02 Å². The molecule has 1 fully saturated rings. The van der Waals surface area contributed by atoms with E-state index in [0.29, 0.717) is 35.3 Å². The largest absolute Gasteiger partial charge is 0.352 e. The van der Waals surface area contributed by atoms with Gasteiger partial charge < -0.3 is 10.2 Å². The van der Waals surface area contributed by atoms with Gasteiger partial charge in [-0.3, -0.25) is 4.79 Å². The minimum absolute atomic E-state index is 0.0750. The first-order valence-corrected chi connectivity index (χ1v) is 10.1. The smallest absolute Gasteiger partial charge is 0.256 e. The molecule has 8 nitrogen and oxygen atoms in total. The van der Waals surface area contributed by atoms with Crippen LogP contribution in [0.3, 0.4) is 0 Å². The Kier molecular flexibility index (Phi) is 5.89. The van der Waals surface area contributed by atoms with Crippen molar-refractivity contribution in [2.24, 2.45) is 5.92 Å². The van der Waals surface area contributed by atoms with Gasteiger partial charge in [-0.1, -0.05) is 18.5 Å². The highest BCUT2D eigenvalue weighted by Gasteiger charge is 2.33. The van der Waals surface area contributed by atoms with E-state index in [2.05, 4.69) is 32.4 Å². The molecule has 1 N–H and O–H groups in total. The van der Waals surface area contributed by atoms with Gasteiger partial charge in [-0.2, -0.15) is 15.0 Å². The van der Waals surface area contributed by atoms with Gasteiger partial charge in [0.1, 0.15) is 11.5 Å². The summed E-state index contributed by atoms with van der Waals surface area (Å²) in [7, 11) is 0. The quantitative estimate of drug-likeness (QED) is 0.670. The number of hydrogen-bond acceptors (Lipinski definition) is 6. The molecule has 3 aromatic rings. The molecule has 2 atom stereocenters. The zero-order valence-corrected chi connectivity index (χ0v) is 17.1. The first kappa shape index (κ1) is 20.2. The van der Waals surface area contributed by atoms with Crippen LogP contribution in [0.1, 0.15) is 30.1 Å². The SMILES string of the molecule is C[C@@H]1CCCN(C(=O)c2ccc(F)cc2-n2nccn2)C1CNc1ncc(Cl)cn1. The van der Waals surface area contributed by atoms with E-state index in [-0.39, 0.29) is 17.9 Å². The monoisotopic (exact) mass is 429 g/mol. The molecule has 10 heteroatoms. The Hall–Kier alpha value is -3.07. The Bertz CT molecular complexity index is 1010. The Balaban J connectivity index is 1.59. The lowest BCUT2D eigenvalue weighted by Gasteiger charge is -2.40. The number of likely N-dealkylation sites (tertiary alicyclic amines) is 1. The Morgan fingerprint density at radius 3 is 2.73 bits per heavy atom. The number of carbonyl (C=O) groups excluding carboxylic acids is 1. The molecular weight excluding hydrogens is 409 g/mol. The molecule has 30 heavy (non-hydrogen) atoms. The van der Waals surface area contributed by atoms with Crippen molar-refractivity contribution < 1.29 is 9.18 Å². The van der Waals surface area contributed by atoms with E-state index in [1.807, 2.05) is 4.90 Å². The van der Waals surface area contributed by atoms with Gasteiger partial charge in [0.15, 0.2) is 0 Å². The van der Waals surface area contributed by atoms with Crippen LogP contribution in [0.15, 0.2) is 43.0 Å². The summed E-state index contributed by atoms with van der Waals surface area (Å²) in [5.41, 5.74) is 0.672. The normalized spacial score (nSPS) is 19.0. The second-order valence-corrected chi connectivity index (χ2v) is 7.71. The number of piperidine rings is 1. The third kappa shape index (κ3) is 4.25. The predicted molar refractivity (Wildman–Crippen MR) is 110 cm³/mol. The summed E-state index contributed by atoms with van der Waals surface area (Å²) in [6.07, 6.45) is 7.92. The molecule has 0 aliphatic carbocycles. The van der Waals surface area contributed by atoms with Crippen molar-refractivity contribution in [2.45, 2.75) is 25.8 Å². The van der Waals surface area contributed by atoms with Crippen molar-refractivity contribution in [1.29, 1.82) is 0 Å². The fourth-order valence-corrected chi connectivity index (χ4v) is 3.86. The molecular formula is C20H21ClFN7O. The van der Waals surface area contributed by atoms with Crippen molar-refractivity contribution in [2.75, 3.05) is 18.4 Å². The molecule has 3 heterocycles. The molecule has 156 valence electrons. The van der Waals surface area contributed by atoms with Gasteiger partial charge in [-0.15, -0.1) is 0 Å². The number of anilines is 1. The van der Waals surface area contributed by atoms with Crippen LogP contribution in [-0.2, 0) is 0 Å². The van der Waals surface area contributed by atoms with Gasteiger partial charge in [0.25, 0.3) is 5.91 Å². The summed E-state index contributed by atoms with van der Waals surface area (Å²) < 4.78 is 13.9. The average molecular weight is 430 g/mol. The Morgan fingerprint density at radius 1 is 1.27 bits per heavy atom. The van der Waals surface area contributed by atoms with Gasteiger partial charge in [-0.05, 0) is 30.9 Å². The molecule has 1 saturated heterocycles. The Labute approximate surface area is 178 Å². The second kappa shape index (κ2) is 8.74. The van der Waals surface area contributed by atoms with Crippen LogP contribution >= 0.6 is 11.6 Å². The average Bonchev–Trinajstić information content (AvgIpc) is 3.28. The maximum absolute atomic E-state index is 13.9. The minimum Gasteiger partial charge on any atom is -0.352 e. The van der Waals surface area contributed by atoms with Crippen molar-refractivity contribution in [3.63, 3.8) is 0 Å². The van der Waals surface area contributed by atoms with Gasteiger partial charge in [0.2, 0.25) is 5.95 Å². The van der Waals surface area contributed by atoms with E-state index in [9.17, 15) is 9.18 Å². The highest BCUT2D eigenvalue weighted by Crippen LogP contribution is 2.27. The predicted octanol–water partition coefficient (Wildman–Crippen LogP) is 3.20. The van der Waals surface area contributed by atoms with E-state index in [4.69, 9.17) is 11.6 Å².